The maximum Gasteiger partial charge on any atom is 0.257 e. The lowest BCUT2D eigenvalue weighted by Crippen LogP contribution is -2.48. The van der Waals surface area contributed by atoms with Crippen LogP contribution in [-0.4, -0.2) is 23.0 Å². The molecule has 0 atom stereocenters. The van der Waals surface area contributed by atoms with Crippen LogP contribution in [0.2, 0.25) is 0 Å². The van der Waals surface area contributed by atoms with Gasteiger partial charge in [0.2, 0.25) is 5.91 Å². The molecule has 0 unspecified atom stereocenters. The quantitative estimate of drug-likeness (QED) is 0.526. The summed E-state index contributed by atoms with van der Waals surface area (Å²) in [4.78, 5) is 24.1. The van der Waals surface area contributed by atoms with Crippen LogP contribution in [0.3, 0.4) is 0 Å². The van der Waals surface area contributed by atoms with Crippen LogP contribution in [0.4, 0.5) is 0 Å². The van der Waals surface area contributed by atoms with Crippen LogP contribution in [-0.2, 0) is 11.2 Å². The summed E-state index contributed by atoms with van der Waals surface area (Å²) in [6, 6.07) is 16.5. The summed E-state index contributed by atoms with van der Waals surface area (Å²) in [7, 11) is 0. The standard InChI is InChI=1S/C20H23N3O3S/c1-14(2)26-17-10-6-9-16(13-17)19(25)21-20(27)23-22-18(24)12-11-15-7-4-3-5-8-15/h3-10,13-14H,11-12H2,1-2H3,(H,22,24)(H2,21,23,25,27). The Bertz CT molecular complexity index is 794. The zero-order valence-corrected chi connectivity index (χ0v) is 16.1. The Balaban J connectivity index is 1.76. The largest absolute Gasteiger partial charge is 0.491 e. The van der Waals surface area contributed by atoms with Gasteiger partial charge in [-0.3, -0.25) is 25.8 Å². The lowest BCUT2D eigenvalue weighted by molar-refractivity contribution is -0.121. The first-order valence-electron chi connectivity index (χ1n) is 8.65. The molecule has 0 spiro atoms. The third kappa shape index (κ3) is 7.45. The van der Waals surface area contributed by atoms with Gasteiger partial charge in [-0.15, -0.1) is 0 Å². The topological polar surface area (TPSA) is 79.5 Å². The number of aryl methyl sites for hydroxylation is 1. The zero-order chi connectivity index (χ0) is 19.6. The lowest BCUT2D eigenvalue weighted by Gasteiger charge is -2.12. The van der Waals surface area contributed by atoms with Crippen LogP contribution >= 0.6 is 12.2 Å². The normalized spacial score (nSPS) is 10.2. The van der Waals surface area contributed by atoms with Crippen molar-refractivity contribution in [2.75, 3.05) is 0 Å². The molecular weight excluding hydrogens is 362 g/mol. The molecule has 2 rings (SSSR count). The summed E-state index contributed by atoms with van der Waals surface area (Å²) < 4.78 is 5.57. The Morgan fingerprint density at radius 3 is 2.48 bits per heavy atom. The van der Waals surface area contributed by atoms with E-state index in [2.05, 4.69) is 16.2 Å². The minimum atomic E-state index is -0.389. The summed E-state index contributed by atoms with van der Waals surface area (Å²) in [5.74, 6) is -0.00577. The fourth-order valence-corrected chi connectivity index (χ4v) is 2.42. The summed E-state index contributed by atoms with van der Waals surface area (Å²) in [5, 5.41) is 2.53. The van der Waals surface area contributed by atoms with Gasteiger partial charge in [-0.1, -0.05) is 36.4 Å². The second kappa shape index (κ2) is 10.3. The number of rotatable bonds is 6. The van der Waals surface area contributed by atoms with Gasteiger partial charge in [-0.05, 0) is 56.2 Å². The number of hydrogen-bond acceptors (Lipinski definition) is 4. The minimum Gasteiger partial charge on any atom is -0.491 e. The van der Waals surface area contributed by atoms with E-state index in [9.17, 15) is 9.59 Å². The molecule has 0 bridgehead atoms. The van der Waals surface area contributed by atoms with Crippen LogP contribution in [0.15, 0.2) is 54.6 Å². The number of carbonyl (C=O) groups is 2. The third-order valence-electron chi connectivity index (χ3n) is 3.49. The van der Waals surface area contributed by atoms with Gasteiger partial charge in [0.25, 0.3) is 5.91 Å². The van der Waals surface area contributed by atoms with Gasteiger partial charge < -0.3 is 4.74 Å². The number of hydrogen-bond donors (Lipinski definition) is 3. The monoisotopic (exact) mass is 385 g/mol. The van der Waals surface area contributed by atoms with Gasteiger partial charge in [-0.25, -0.2) is 0 Å². The number of thiocarbonyl (C=S) groups is 1. The SMILES string of the molecule is CC(C)Oc1cccc(C(=O)NC(=S)NNC(=O)CCc2ccccc2)c1. The average molecular weight is 385 g/mol. The maximum atomic E-state index is 12.2. The van der Waals surface area contributed by atoms with E-state index in [-0.39, 0.29) is 23.0 Å². The highest BCUT2D eigenvalue weighted by molar-refractivity contribution is 7.80. The highest BCUT2D eigenvalue weighted by atomic mass is 32.1. The second-order valence-corrected chi connectivity index (χ2v) is 6.54. The molecule has 3 N–H and O–H groups in total. The van der Waals surface area contributed by atoms with Crippen molar-refractivity contribution in [2.24, 2.45) is 0 Å². The second-order valence-electron chi connectivity index (χ2n) is 6.14. The number of carbonyl (C=O) groups excluding carboxylic acids is 2. The van der Waals surface area contributed by atoms with E-state index in [0.29, 0.717) is 24.2 Å². The predicted molar refractivity (Wildman–Crippen MR) is 108 cm³/mol. The first-order chi connectivity index (χ1) is 12.9. The van der Waals surface area contributed by atoms with E-state index in [1.165, 1.54) is 0 Å². The van der Waals surface area contributed by atoms with Gasteiger partial charge in [0.1, 0.15) is 5.75 Å². The molecule has 0 aliphatic heterocycles. The van der Waals surface area contributed by atoms with Crippen LogP contribution in [0.1, 0.15) is 36.2 Å². The van der Waals surface area contributed by atoms with Crippen molar-refractivity contribution < 1.29 is 14.3 Å². The molecule has 7 heteroatoms. The molecule has 0 fully saturated rings. The lowest BCUT2D eigenvalue weighted by atomic mass is 10.1. The number of nitrogens with one attached hydrogen (secondary N) is 3. The molecule has 142 valence electrons. The van der Waals surface area contributed by atoms with E-state index in [1.54, 1.807) is 24.3 Å². The fourth-order valence-electron chi connectivity index (χ4n) is 2.28. The zero-order valence-electron chi connectivity index (χ0n) is 15.3. The first kappa shape index (κ1) is 20.4. The summed E-state index contributed by atoms with van der Waals surface area (Å²) in [6.45, 7) is 3.82. The third-order valence-corrected chi connectivity index (χ3v) is 3.70. The van der Waals surface area contributed by atoms with Crippen molar-refractivity contribution in [1.29, 1.82) is 0 Å². The Morgan fingerprint density at radius 1 is 1.04 bits per heavy atom. The van der Waals surface area contributed by atoms with Gasteiger partial charge in [-0.2, -0.15) is 0 Å². The van der Waals surface area contributed by atoms with E-state index in [0.717, 1.165) is 5.56 Å². The molecule has 6 nitrogen and oxygen atoms in total. The summed E-state index contributed by atoms with van der Waals surface area (Å²) >= 11 is 5.04. The van der Waals surface area contributed by atoms with Crippen LogP contribution < -0.4 is 20.9 Å². The molecule has 27 heavy (non-hydrogen) atoms. The van der Waals surface area contributed by atoms with Crippen molar-refractivity contribution in [3.05, 3.63) is 65.7 Å². The first-order valence-corrected chi connectivity index (χ1v) is 9.05. The van der Waals surface area contributed by atoms with Crippen molar-refractivity contribution in [3.8, 4) is 5.75 Å². The molecule has 0 aliphatic rings. The van der Waals surface area contributed by atoms with Crippen LogP contribution in [0.25, 0.3) is 0 Å². The number of ether oxygens (including phenoxy) is 1. The molecule has 0 saturated heterocycles. The molecule has 2 amide bonds. The molecule has 0 heterocycles. The predicted octanol–water partition coefficient (Wildman–Crippen LogP) is 2.74. The summed E-state index contributed by atoms with van der Waals surface area (Å²) in [5.41, 5.74) is 6.50. The van der Waals surface area contributed by atoms with Gasteiger partial charge in [0.15, 0.2) is 5.11 Å². The van der Waals surface area contributed by atoms with Crippen LogP contribution in [0, 0.1) is 0 Å². The van der Waals surface area contributed by atoms with E-state index in [4.69, 9.17) is 17.0 Å². The highest BCUT2D eigenvalue weighted by Gasteiger charge is 2.10. The molecule has 0 radical (unpaired) electrons. The fraction of sp³-hybridized carbons (Fsp3) is 0.250. The number of benzene rings is 2. The minimum absolute atomic E-state index is 0.0113. The molecule has 0 saturated carbocycles. The number of amides is 2. The van der Waals surface area contributed by atoms with E-state index in [1.807, 2.05) is 44.2 Å². The molecule has 0 aromatic heterocycles. The van der Waals surface area contributed by atoms with Crippen molar-refractivity contribution in [2.45, 2.75) is 32.8 Å². The van der Waals surface area contributed by atoms with Crippen LogP contribution in [0.5, 0.6) is 5.75 Å². The van der Waals surface area contributed by atoms with Gasteiger partial charge in [0.05, 0.1) is 6.10 Å². The smallest absolute Gasteiger partial charge is 0.257 e. The summed E-state index contributed by atoms with van der Waals surface area (Å²) in [6.07, 6.45) is 0.940. The Labute approximate surface area is 164 Å². The van der Waals surface area contributed by atoms with Crippen molar-refractivity contribution in [3.63, 3.8) is 0 Å². The molecular formula is C20H23N3O3S. The van der Waals surface area contributed by atoms with Crippen molar-refractivity contribution >= 4 is 29.1 Å². The maximum absolute atomic E-state index is 12.2. The average Bonchev–Trinajstić information content (AvgIpc) is 2.65. The Kier molecular flexibility index (Phi) is 7.76. The molecule has 0 aliphatic carbocycles. The van der Waals surface area contributed by atoms with E-state index < -0.39 is 0 Å². The molecule has 2 aromatic carbocycles. The molecule has 2 aromatic rings. The Morgan fingerprint density at radius 2 is 1.78 bits per heavy atom. The Hall–Kier alpha value is -2.93. The van der Waals surface area contributed by atoms with Gasteiger partial charge >= 0.3 is 0 Å². The van der Waals surface area contributed by atoms with Gasteiger partial charge in [0, 0.05) is 12.0 Å². The number of hydrazine groups is 1. The van der Waals surface area contributed by atoms with E-state index >= 15 is 0 Å². The highest BCUT2D eigenvalue weighted by Crippen LogP contribution is 2.14. The van der Waals surface area contributed by atoms with Crippen molar-refractivity contribution in [1.82, 2.24) is 16.2 Å².